The maximum Gasteiger partial charge on any atom is 0.329 e. The van der Waals surface area contributed by atoms with E-state index in [-0.39, 0.29) is 11.7 Å². The Morgan fingerprint density at radius 1 is 1.00 bits per heavy atom. The molecule has 1 amide bonds. The predicted octanol–water partition coefficient (Wildman–Crippen LogP) is 2.14. The molecule has 0 spiro atoms. The van der Waals surface area contributed by atoms with Crippen molar-refractivity contribution in [1.82, 2.24) is 14.0 Å². The monoisotopic (exact) mass is 406 g/mol. The summed E-state index contributed by atoms with van der Waals surface area (Å²) in [6.07, 6.45) is 1.91. The number of amides is 1. The number of piperidine rings is 1. The van der Waals surface area contributed by atoms with E-state index in [0.29, 0.717) is 11.6 Å². The standard InChI is InChI=1S/C23H26N4O3/c1-25-20-6-5-16(15-3-2-4-17(11-15)22(24)28)12-21(20)27(23(25)29)18-7-9-26(10-8-18)19-13-30-14-19/h2-6,11-12,18-19H,7-10,13-14H2,1H3,(H2,24,28). The number of primary amides is 1. The lowest BCUT2D eigenvalue weighted by molar-refractivity contribution is -0.0731. The molecule has 0 radical (unpaired) electrons. The Bertz CT molecular complexity index is 1170. The quantitative estimate of drug-likeness (QED) is 0.720. The van der Waals surface area contributed by atoms with Crippen molar-refractivity contribution in [1.29, 1.82) is 0 Å². The fourth-order valence-corrected chi connectivity index (χ4v) is 4.70. The molecule has 2 saturated heterocycles. The van der Waals surface area contributed by atoms with Crippen molar-refractivity contribution in [3.8, 4) is 11.1 Å². The molecular weight excluding hydrogens is 380 g/mol. The number of ether oxygens (including phenoxy) is 1. The fraction of sp³-hybridized carbons (Fsp3) is 0.391. The maximum atomic E-state index is 13.1. The van der Waals surface area contributed by atoms with Crippen molar-refractivity contribution in [2.75, 3.05) is 26.3 Å². The number of rotatable bonds is 4. The second kappa shape index (κ2) is 7.41. The van der Waals surface area contributed by atoms with Crippen molar-refractivity contribution in [3.63, 3.8) is 0 Å². The second-order valence-corrected chi connectivity index (χ2v) is 8.32. The summed E-state index contributed by atoms with van der Waals surface area (Å²) in [5.74, 6) is -0.446. The van der Waals surface area contributed by atoms with Crippen LogP contribution in [0.5, 0.6) is 0 Å². The smallest absolute Gasteiger partial charge is 0.329 e. The Kier molecular flexibility index (Phi) is 4.72. The lowest BCUT2D eigenvalue weighted by atomic mass is 10.0. The van der Waals surface area contributed by atoms with Crippen LogP contribution in [0.15, 0.2) is 47.3 Å². The Hall–Kier alpha value is -2.90. The molecule has 7 heteroatoms. The summed E-state index contributed by atoms with van der Waals surface area (Å²) >= 11 is 0. The molecule has 156 valence electrons. The molecule has 0 bridgehead atoms. The van der Waals surface area contributed by atoms with Crippen LogP contribution in [0.2, 0.25) is 0 Å². The van der Waals surface area contributed by atoms with Crippen LogP contribution in [0.3, 0.4) is 0 Å². The third kappa shape index (κ3) is 3.14. The highest BCUT2D eigenvalue weighted by molar-refractivity contribution is 5.94. The van der Waals surface area contributed by atoms with E-state index in [1.54, 1.807) is 16.7 Å². The highest BCUT2D eigenvalue weighted by Crippen LogP contribution is 2.30. The molecule has 0 aliphatic carbocycles. The molecule has 7 nitrogen and oxygen atoms in total. The minimum absolute atomic E-state index is 0.0264. The Morgan fingerprint density at radius 2 is 1.73 bits per heavy atom. The van der Waals surface area contributed by atoms with Crippen molar-refractivity contribution in [3.05, 3.63) is 58.5 Å². The number of fused-ring (bicyclic) bond motifs is 1. The SMILES string of the molecule is Cn1c(=O)n(C2CCN(C3COC3)CC2)c2cc(-c3cccc(C(N)=O)c3)ccc21. The van der Waals surface area contributed by atoms with Crippen molar-refractivity contribution < 1.29 is 9.53 Å². The topological polar surface area (TPSA) is 82.5 Å². The van der Waals surface area contributed by atoms with Gasteiger partial charge >= 0.3 is 5.69 Å². The van der Waals surface area contributed by atoms with E-state index in [0.717, 1.165) is 61.3 Å². The van der Waals surface area contributed by atoms with Gasteiger partial charge in [-0.3, -0.25) is 18.8 Å². The van der Waals surface area contributed by atoms with Gasteiger partial charge in [0.15, 0.2) is 0 Å². The Labute approximate surface area is 174 Å². The molecule has 2 aliphatic heterocycles. The third-order valence-electron chi connectivity index (χ3n) is 6.57. The normalized spacial score (nSPS) is 18.6. The molecular formula is C23H26N4O3. The molecule has 5 rings (SSSR count). The lowest BCUT2D eigenvalue weighted by Gasteiger charge is -2.41. The van der Waals surface area contributed by atoms with Gasteiger partial charge in [-0.05, 0) is 48.2 Å². The van der Waals surface area contributed by atoms with Gasteiger partial charge in [0.25, 0.3) is 0 Å². The van der Waals surface area contributed by atoms with Crippen LogP contribution in [0.1, 0.15) is 29.2 Å². The fourth-order valence-electron chi connectivity index (χ4n) is 4.70. The first-order chi connectivity index (χ1) is 14.5. The van der Waals surface area contributed by atoms with Crippen LogP contribution in [0.4, 0.5) is 0 Å². The van der Waals surface area contributed by atoms with E-state index >= 15 is 0 Å². The van der Waals surface area contributed by atoms with Gasteiger partial charge < -0.3 is 10.5 Å². The number of imidazole rings is 1. The van der Waals surface area contributed by atoms with Crippen molar-refractivity contribution in [2.24, 2.45) is 12.8 Å². The van der Waals surface area contributed by atoms with Crippen LogP contribution >= 0.6 is 0 Å². The maximum absolute atomic E-state index is 13.1. The number of carbonyl (C=O) groups excluding carboxylic acids is 1. The molecule has 2 fully saturated rings. The minimum atomic E-state index is -0.446. The zero-order chi connectivity index (χ0) is 20.8. The summed E-state index contributed by atoms with van der Waals surface area (Å²) in [5.41, 5.74) is 9.69. The van der Waals surface area contributed by atoms with E-state index < -0.39 is 5.91 Å². The molecule has 30 heavy (non-hydrogen) atoms. The van der Waals surface area contributed by atoms with Crippen LogP contribution in [0, 0.1) is 0 Å². The lowest BCUT2D eigenvalue weighted by Crippen LogP contribution is -2.52. The second-order valence-electron chi connectivity index (χ2n) is 8.32. The molecule has 3 aromatic rings. The number of likely N-dealkylation sites (tertiary alicyclic amines) is 1. The number of aryl methyl sites for hydroxylation is 1. The van der Waals surface area contributed by atoms with Crippen molar-refractivity contribution >= 4 is 16.9 Å². The highest BCUT2D eigenvalue weighted by Gasteiger charge is 2.31. The summed E-state index contributed by atoms with van der Waals surface area (Å²) in [5, 5.41) is 0. The number of nitrogens with zero attached hydrogens (tertiary/aromatic N) is 3. The number of carbonyl (C=O) groups is 1. The Morgan fingerprint density at radius 3 is 2.40 bits per heavy atom. The van der Waals surface area contributed by atoms with Gasteiger partial charge in [-0.15, -0.1) is 0 Å². The molecule has 1 aromatic heterocycles. The number of hydrogen-bond acceptors (Lipinski definition) is 4. The van der Waals surface area contributed by atoms with E-state index in [1.807, 2.05) is 35.9 Å². The van der Waals surface area contributed by atoms with Gasteiger partial charge in [0, 0.05) is 31.7 Å². The molecule has 0 atom stereocenters. The van der Waals surface area contributed by atoms with E-state index in [9.17, 15) is 9.59 Å². The minimum Gasteiger partial charge on any atom is -0.378 e. The van der Waals surface area contributed by atoms with E-state index in [4.69, 9.17) is 10.5 Å². The highest BCUT2D eigenvalue weighted by atomic mass is 16.5. The van der Waals surface area contributed by atoms with E-state index in [2.05, 4.69) is 11.0 Å². The van der Waals surface area contributed by atoms with Gasteiger partial charge in [0.1, 0.15) is 0 Å². The average molecular weight is 406 g/mol. The molecule has 0 saturated carbocycles. The van der Waals surface area contributed by atoms with Crippen LogP contribution < -0.4 is 11.4 Å². The van der Waals surface area contributed by atoms with Gasteiger partial charge in [0.2, 0.25) is 5.91 Å². The van der Waals surface area contributed by atoms with Gasteiger partial charge in [-0.2, -0.15) is 0 Å². The van der Waals surface area contributed by atoms with Gasteiger partial charge in [0.05, 0.1) is 30.3 Å². The summed E-state index contributed by atoms with van der Waals surface area (Å²) < 4.78 is 9.02. The zero-order valence-electron chi connectivity index (χ0n) is 17.1. The summed E-state index contributed by atoms with van der Waals surface area (Å²) in [7, 11) is 1.83. The zero-order valence-corrected chi connectivity index (χ0v) is 17.1. The van der Waals surface area contributed by atoms with Crippen LogP contribution in [-0.2, 0) is 11.8 Å². The van der Waals surface area contributed by atoms with Crippen molar-refractivity contribution in [2.45, 2.75) is 24.9 Å². The number of hydrogen-bond donors (Lipinski definition) is 1. The summed E-state index contributed by atoms with van der Waals surface area (Å²) in [6, 6.07) is 14.1. The average Bonchev–Trinajstić information content (AvgIpc) is 2.97. The van der Waals surface area contributed by atoms with Gasteiger partial charge in [-0.25, -0.2) is 4.79 Å². The first-order valence-corrected chi connectivity index (χ1v) is 10.5. The number of aromatic nitrogens is 2. The summed E-state index contributed by atoms with van der Waals surface area (Å²) in [6.45, 7) is 3.63. The van der Waals surface area contributed by atoms with Crippen LogP contribution in [-0.4, -0.2) is 52.3 Å². The number of benzene rings is 2. The molecule has 2 aliphatic rings. The summed E-state index contributed by atoms with van der Waals surface area (Å²) in [4.78, 5) is 27.1. The first kappa shape index (κ1) is 19.1. The molecule has 2 N–H and O–H groups in total. The third-order valence-corrected chi connectivity index (χ3v) is 6.57. The van der Waals surface area contributed by atoms with Gasteiger partial charge in [-0.1, -0.05) is 18.2 Å². The number of nitrogens with two attached hydrogens (primary N) is 1. The molecule has 3 heterocycles. The molecule has 2 aromatic carbocycles. The first-order valence-electron chi connectivity index (χ1n) is 10.5. The largest absolute Gasteiger partial charge is 0.378 e. The predicted molar refractivity (Wildman–Crippen MR) is 116 cm³/mol. The van der Waals surface area contributed by atoms with E-state index in [1.165, 1.54) is 0 Å². The van der Waals surface area contributed by atoms with Crippen LogP contribution in [0.25, 0.3) is 22.2 Å². The molecule has 0 unspecified atom stereocenters. The Balaban J connectivity index is 1.52.